The molecule has 6 nitrogen and oxygen atoms in total. The lowest BCUT2D eigenvalue weighted by Gasteiger charge is -2.20. The number of carbonyl (C=O) groups excluding carboxylic acids is 3. The van der Waals surface area contributed by atoms with Crippen LogP contribution in [0.25, 0.3) is 0 Å². The monoisotopic (exact) mass is 259 g/mol. The Hall–Kier alpha value is -1.59. The second-order valence-corrected chi connectivity index (χ2v) is 4.40. The minimum atomic E-state index is -0.834. The molecule has 0 aliphatic heterocycles. The van der Waals surface area contributed by atoms with E-state index < -0.39 is 23.9 Å². The Labute approximate surface area is 107 Å². The van der Waals surface area contributed by atoms with E-state index in [0.29, 0.717) is 0 Å². The zero-order valence-electron chi connectivity index (χ0n) is 11.5. The highest BCUT2D eigenvalue weighted by atomic mass is 16.5. The van der Waals surface area contributed by atoms with Crippen molar-refractivity contribution in [3.05, 3.63) is 0 Å². The number of rotatable bonds is 6. The van der Waals surface area contributed by atoms with Gasteiger partial charge < -0.3 is 14.8 Å². The lowest BCUT2D eigenvalue weighted by atomic mass is 10.0. The SMILES string of the molecule is COC(=O)[C@H](C[C@H](C)C(=O)OC)NC(=O)C(C)C. The zero-order valence-corrected chi connectivity index (χ0v) is 11.5. The predicted molar refractivity (Wildman–Crippen MR) is 64.6 cm³/mol. The van der Waals surface area contributed by atoms with Crippen molar-refractivity contribution in [2.75, 3.05) is 14.2 Å². The van der Waals surface area contributed by atoms with Crippen LogP contribution in [0.4, 0.5) is 0 Å². The van der Waals surface area contributed by atoms with Crippen molar-refractivity contribution in [2.24, 2.45) is 11.8 Å². The molecule has 1 amide bonds. The Kier molecular flexibility index (Phi) is 7.00. The maximum Gasteiger partial charge on any atom is 0.328 e. The van der Waals surface area contributed by atoms with Crippen LogP contribution in [0.5, 0.6) is 0 Å². The second kappa shape index (κ2) is 7.68. The van der Waals surface area contributed by atoms with Crippen LogP contribution < -0.4 is 5.32 Å². The lowest BCUT2D eigenvalue weighted by molar-refractivity contribution is -0.149. The van der Waals surface area contributed by atoms with Gasteiger partial charge in [-0.1, -0.05) is 20.8 Å². The van der Waals surface area contributed by atoms with Crippen LogP contribution in [0, 0.1) is 11.8 Å². The topological polar surface area (TPSA) is 81.7 Å². The molecule has 0 saturated heterocycles. The van der Waals surface area contributed by atoms with Crippen molar-refractivity contribution < 1.29 is 23.9 Å². The number of carbonyl (C=O) groups is 3. The van der Waals surface area contributed by atoms with Crippen molar-refractivity contribution in [1.29, 1.82) is 0 Å². The maximum absolute atomic E-state index is 11.6. The summed E-state index contributed by atoms with van der Waals surface area (Å²) in [6.45, 7) is 5.06. The van der Waals surface area contributed by atoms with E-state index in [1.54, 1.807) is 20.8 Å². The molecule has 0 bridgehead atoms. The molecule has 2 atom stereocenters. The average Bonchev–Trinajstić information content (AvgIpc) is 2.35. The summed E-state index contributed by atoms with van der Waals surface area (Å²) in [4.78, 5) is 34.4. The molecule has 104 valence electrons. The summed E-state index contributed by atoms with van der Waals surface area (Å²) < 4.78 is 9.18. The summed E-state index contributed by atoms with van der Waals surface area (Å²) in [7, 11) is 2.51. The van der Waals surface area contributed by atoms with E-state index in [-0.39, 0.29) is 18.2 Å². The van der Waals surface area contributed by atoms with Crippen molar-refractivity contribution >= 4 is 17.8 Å². The van der Waals surface area contributed by atoms with Gasteiger partial charge in [-0.15, -0.1) is 0 Å². The molecule has 0 aliphatic carbocycles. The number of hydrogen-bond donors (Lipinski definition) is 1. The minimum Gasteiger partial charge on any atom is -0.469 e. The number of ether oxygens (including phenoxy) is 2. The summed E-state index contributed by atoms with van der Waals surface area (Å²) in [5, 5.41) is 2.56. The molecular formula is C12H21NO5. The number of hydrogen-bond acceptors (Lipinski definition) is 5. The summed E-state index contributed by atoms with van der Waals surface area (Å²) in [5.74, 6) is -2.00. The molecule has 0 aliphatic rings. The highest BCUT2D eigenvalue weighted by Gasteiger charge is 2.27. The van der Waals surface area contributed by atoms with Crippen LogP contribution in [0.15, 0.2) is 0 Å². The molecule has 6 heteroatoms. The third-order valence-corrected chi connectivity index (χ3v) is 2.52. The van der Waals surface area contributed by atoms with E-state index in [1.165, 1.54) is 14.2 Å². The van der Waals surface area contributed by atoms with Crippen molar-refractivity contribution in [1.82, 2.24) is 5.32 Å². The van der Waals surface area contributed by atoms with E-state index in [2.05, 4.69) is 14.8 Å². The Balaban J connectivity index is 4.65. The molecule has 1 N–H and O–H groups in total. The van der Waals surface area contributed by atoms with Gasteiger partial charge in [0.1, 0.15) is 6.04 Å². The molecule has 0 aromatic rings. The molecule has 0 aromatic heterocycles. The predicted octanol–water partition coefficient (Wildman–Crippen LogP) is 0.499. The third kappa shape index (κ3) is 5.16. The number of esters is 2. The molecule has 0 rings (SSSR count). The van der Waals surface area contributed by atoms with Gasteiger partial charge in [-0.2, -0.15) is 0 Å². The van der Waals surface area contributed by atoms with E-state index in [0.717, 1.165) is 0 Å². The van der Waals surface area contributed by atoms with Gasteiger partial charge in [0.25, 0.3) is 0 Å². The van der Waals surface area contributed by atoms with Gasteiger partial charge in [-0.25, -0.2) is 4.79 Å². The fraction of sp³-hybridized carbons (Fsp3) is 0.750. The summed E-state index contributed by atoms with van der Waals surface area (Å²) in [6, 6.07) is -0.834. The zero-order chi connectivity index (χ0) is 14.3. The molecule has 0 fully saturated rings. The minimum absolute atomic E-state index is 0.151. The van der Waals surface area contributed by atoms with E-state index in [9.17, 15) is 14.4 Å². The molecular weight excluding hydrogens is 238 g/mol. The van der Waals surface area contributed by atoms with Crippen LogP contribution in [-0.4, -0.2) is 38.1 Å². The highest BCUT2D eigenvalue weighted by molar-refractivity contribution is 5.85. The Morgan fingerprint density at radius 3 is 1.89 bits per heavy atom. The van der Waals surface area contributed by atoms with Gasteiger partial charge in [0.15, 0.2) is 0 Å². The average molecular weight is 259 g/mol. The first-order valence-corrected chi connectivity index (χ1v) is 5.79. The van der Waals surface area contributed by atoms with Crippen LogP contribution in [-0.2, 0) is 23.9 Å². The first-order chi connectivity index (χ1) is 8.33. The summed E-state index contributed by atoms with van der Waals surface area (Å²) >= 11 is 0. The third-order valence-electron chi connectivity index (χ3n) is 2.52. The molecule has 18 heavy (non-hydrogen) atoms. The molecule has 0 radical (unpaired) electrons. The quantitative estimate of drug-likeness (QED) is 0.702. The fourth-order valence-electron chi connectivity index (χ4n) is 1.35. The van der Waals surface area contributed by atoms with Gasteiger partial charge in [0.05, 0.1) is 20.1 Å². The van der Waals surface area contributed by atoms with Gasteiger partial charge >= 0.3 is 11.9 Å². The Bertz CT molecular complexity index is 314. The molecule has 0 aromatic carbocycles. The number of methoxy groups -OCH3 is 2. The Morgan fingerprint density at radius 2 is 1.50 bits per heavy atom. The van der Waals surface area contributed by atoms with Gasteiger partial charge in [0, 0.05) is 5.92 Å². The maximum atomic E-state index is 11.6. The normalized spacial score (nSPS) is 13.7. The van der Waals surface area contributed by atoms with E-state index in [1.807, 2.05) is 0 Å². The van der Waals surface area contributed by atoms with Crippen molar-refractivity contribution in [2.45, 2.75) is 33.2 Å². The largest absolute Gasteiger partial charge is 0.469 e. The van der Waals surface area contributed by atoms with E-state index in [4.69, 9.17) is 0 Å². The Morgan fingerprint density at radius 1 is 1.00 bits per heavy atom. The van der Waals surface area contributed by atoms with Crippen molar-refractivity contribution in [3.8, 4) is 0 Å². The molecule has 0 saturated carbocycles. The molecule has 0 spiro atoms. The first kappa shape index (κ1) is 16.4. The van der Waals surface area contributed by atoms with Crippen LogP contribution in [0.3, 0.4) is 0 Å². The summed E-state index contributed by atoms with van der Waals surface area (Å²) in [6.07, 6.45) is 0.151. The highest BCUT2D eigenvalue weighted by Crippen LogP contribution is 2.10. The lowest BCUT2D eigenvalue weighted by Crippen LogP contribution is -2.44. The number of amides is 1. The van der Waals surface area contributed by atoms with Crippen molar-refractivity contribution in [3.63, 3.8) is 0 Å². The standard InChI is InChI=1S/C12H21NO5/c1-7(2)10(14)13-9(12(16)18-5)6-8(3)11(15)17-4/h7-9H,6H2,1-5H3,(H,13,14)/t8-,9-/m0/s1. The molecule has 0 heterocycles. The van der Waals surface area contributed by atoms with Crippen LogP contribution in [0.1, 0.15) is 27.2 Å². The second-order valence-electron chi connectivity index (χ2n) is 4.40. The first-order valence-electron chi connectivity index (χ1n) is 5.79. The van der Waals surface area contributed by atoms with E-state index >= 15 is 0 Å². The van der Waals surface area contributed by atoms with Gasteiger partial charge in [0.2, 0.25) is 5.91 Å². The number of nitrogens with one attached hydrogen (secondary N) is 1. The van der Waals surface area contributed by atoms with Gasteiger partial charge in [-0.3, -0.25) is 9.59 Å². The fourth-order valence-corrected chi connectivity index (χ4v) is 1.35. The summed E-state index contributed by atoms with van der Waals surface area (Å²) in [5.41, 5.74) is 0. The van der Waals surface area contributed by atoms with Crippen LogP contribution >= 0.6 is 0 Å². The molecule has 0 unspecified atom stereocenters. The van der Waals surface area contributed by atoms with Gasteiger partial charge in [-0.05, 0) is 6.42 Å². The smallest absolute Gasteiger partial charge is 0.328 e. The van der Waals surface area contributed by atoms with Crippen LogP contribution in [0.2, 0.25) is 0 Å².